The Morgan fingerprint density at radius 2 is 1.95 bits per heavy atom. The number of hydrogen-bond acceptors (Lipinski definition) is 5. The highest BCUT2D eigenvalue weighted by atomic mass is 35.5. The van der Waals surface area contributed by atoms with E-state index >= 15 is 0 Å². The van der Waals surface area contributed by atoms with Crippen LogP contribution in [0.3, 0.4) is 0 Å². The van der Waals surface area contributed by atoms with Crippen LogP contribution in [-0.4, -0.2) is 21.0 Å². The van der Waals surface area contributed by atoms with Crippen LogP contribution in [-0.2, 0) is 7.05 Å². The van der Waals surface area contributed by atoms with E-state index in [0.29, 0.717) is 12.0 Å². The molecule has 110 valence electrons. The van der Waals surface area contributed by atoms with Crippen molar-refractivity contribution in [3.63, 3.8) is 0 Å². The van der Waals surface area contributed by atoms with Gasteiger partial charge in [0.15, 0.2) is 12.0 Å². The highest BCUT2D eigenvalue weighted by Crippen LogP contribution is 2.40. The molecule has 7 nitrogen and oxygen atoms in total. The normalized spacial score (nSPS) is 10.5. The Bertz CT molecular complexity index is 719. The number of carbonyl (C=O) groups excluding carboxylic acids is 1. The van der Waals surface area contributed by atoms with Gasteiger partial charge in [-0.2, -0.15) is 5.10 Å². The monoisotopic (exact) mass is 329 g/mol. The van der Waals surface area contributed by atoms with Gasteiger partial charge in [0, 0.05) is 19.2 Å². The lowest BCUT2D eigenvalue weighted by atomic mass is 10.2. The maximum atomic E-state index is 11.1. The summed E-state index contributed by atoms with van der Waals surface area (Å²) in [5, 5.41) is 14.7. The molecule has 1 aromatic heterocycles. The predicted molar refractivity (Wildman–Crippen MR) is 76.5 cm³/mol. The molecule has 2 rings (SSSR count). The first-order valence-electron chi connectivity index (χ1n) is 5.65. The van der Waals surface area contributed by atoms with Crippen LogP contribution in [0, 0.1) is 17.0 Å². The number of benzene rings is 1. The van der Waals surface area contributed by atoms with E-state index in [1.165, 1.54) is 4.68 Å². The van der Waals surface area contributed by atoms with Gasteiger partial charge in [-0.3, -0.25) is 14.9 Å². The first-order valence-corrected chi connectivity index (χ1v) is 6.40. The largest absolute Gasteiger partial charge is 0.435 e. The quantitative estimate of drug-likeness (QED) is 0.486. The number of carbonyl (C=O) groups is 1. The third kappa shape index (κ3) is 2.84. The van der Waals surface area contributed by atoms with Crippen molar-refractivity contribution in [2.45, 2.75) is 6.92 Å². The minimum atomic E-state index is -0.618. The molecule has 0 atom stereocenters. The molecule has 0 fully saturated rings. The molecule has 2 aromatic rings. The Kier molecular flexibility index (Phi) is 4.15. The molecule has 0 aliphatic carbocycles. The SMILES string of the molecule is Cc1nn(C)c(Oc2c(Cl)cc([N+](=O)[O-])cc2Cl)c1C=O. The zero-order valence-electron chi connectivity index (χ0n) is 11.0. The van der Waals surface area contributed by atoms with Gasteiger partial charge in [-0.15, -0.1) is 0 Å². The average molecular weight is 330 g/mol. The number of non-ortho nitro benzene ring substituents is 1. The molecule has 0 saturated carbocycles. The standard InChI is InChI=1S/C12H9Cl2N3O4/c1-6-8(5-18)12(16(2)15-6)21-11-9(13)3-7(17(19)20)4-10(11)14/h3-5H,1-2H3. The van der Waals surface area contributed by atoms with Gasteiger partial charge >= 0.3 is 0 Å². The van der Waals surface area contributed by atoms with Crippen molar-refractivity contribution in [2.75, 3.05) is 0 Å². The lowest BCUT2D eigenvalue weighted by Gasteiger charge is -2.10. The van der Waals surface area contributed by atoms with E-state index in [4.69, 9.17) is 27.9 Å². The summed E-state index contributed by atoms with van der Waals surface area (Å²) >= 11 is 11.9. The van der Waals surface area contributed by atoms with E-state index in [0.717, 1.165) is 12.1 Å². The molecule has 21 heavy (non-hydrogen) atoms. The van der Waals surface area contributed by atoms with E-state index in [1.807, 2.05) is 0 Å². The number of aldehydes is 1. The van der Waals surface area contributed by atoms with E-state index in [1.54, 1.807) is 14.0 Å². The Morgan fingerprint density at radius 3 is 2.43 bits per heavy atom. The number of ether oxygens (including phenoxy) is 1. The second kappa shape index (κ2) is 5.71. The van der Waals surface area contributed by atoms with Gasteiger partial charge in [0.05, 0.1) is 26.2 Å². The number of nitro benzene ring substituents is 1. The average Bonchev–Trinajstić information content (AvgIpc) is 2.67. The van der Waals surface area contributed by atoms with E-state index in [-0.39, 0.29) is 32.9 Å². The Morgan fingerprint density at radius 1 is 1.38 bits per heavy atom. The fourth-order valence-corrected chi connectivity index (χ4v) is 2.31. The lowest BCUT2D eigenvalue weighted by Crippen LogP contribution is -1.98. The topological polar surface area (TPSA) is 87.3 Å². The number of nitro groups is 1. The van der Waals surface area contributed by atoms with Crippen LogP contribution in [0.4, 0.5) is 5.69 Å². The number of aromatic nitrogens is 2. The molecular weight excluding hydrogens is 321 g/mol. The molecule has 9 heteroatoms. The van der Waals surface area contributed by atoms with Crippen LogP contribution >= 0.6 is 23.2 Å². The van der Waals surface area contributed by atoms with Crippen LogP contribution in [0.25, 0.3) is 0 Å². The third-order valence-electron chi connectivity index (χ3n) is 2.72. The number of aryl methyl sites for hydroxylation is 2. The Hall–Kier alpha value is -2.12. The highest BCUT2D eigenvalue weighted by Gasteiger charge is 2.20. The molecule has 0 radical (unpaired) electrons. The molecule has 0 bridgehead atoms. The summed E-state index contributed by atoms with van der Waals surface area (Å²) in [7, 11) is 1.59. The van der Waals surface area contributed by atoms with E-state index in [9.17, 15) is 14.9 Å². The zero-order valence-corrected chi connectivity index (χ0v) is 12.5. The molecule has 0 aliphatic heterocycles. The second-order valence-electron chi connectivity index (χ2n) is 4.14. The van der Waals surface area contributed by atoms with Gasteiger partial charge in [-0.25, -0.2) is 4.68 Å². The fourth-order valence-electron chi connectivity index (χ4n) is 1.76. The van der Waals surface area contributed by atoms with Crippen LogP contribution in [0.15, 0.2) is 12.1 Å². The van der Waals surface area contributed by atoms with Gasteiger partial charge in [-0.1, -0.05) is 23.2 Å². The summed E-state index contributed by atoms with van der Waals surface area (Å²) < 4.78 is 6.89. The molecule has 0 unspecified atom stereocenters. The molecule has 0 amide bonds. The van der Waals surface area contributed by atoms with Crippen molar-refractivity contribution in [2.24, 2.45) is 7.05 Å². The van der Waals surface area contributed by atoms with E-state index in [2.05, 4.69) is 5.10 Å². The second-order valence-corrected chi connectivity index (χ2v) is 4.96. The van der Waals surface area contributed by atoms with Gasteiger partial charge in [0.2, 0.25) is 5.88 Å². The maximum absolute atomic E-state index is 11.1. The van der Waals surface area contributed by atoms with Crippen LogP contribution < -0.4 is 4.74 Å². The van der Waals surface area contributed by atoms with Crippen molar-refractivity contribution < 1.29 is 14.5 Å². The number of hydrogen-bond donors (Lipinski definition) is 0. The summed E-state index contributed by atoms with van der Waals surface area (Å²) in [5.74, 6) is 0.176. The molecule has 1 heterocycles. The smallest absolute Gasteiger partial charge is 0.272 e. The summed E-state index contributed by atoms with van der Waals surface area (Å²) in [4.78, 5) is 21.2. The van der Waals surface area contributed by atoms with Crippen LogP contribution in [0.2, 0.25) is 10.0 Å². The van der Waals surface area contributed by atoms with Crippen LogP contribution in [0.1, 0.15) is 16.1 Å². The molecule has 0 saturated heterocycles. The lowest BCUT2D eigenvalue weighted by molar-refractivity contribution is -0.384. The zero-order chi connectivity index (χ0) is 15.7. The number of nitrogens with zero attached hydrogens (tertiary/aromatic N) is 3. The van der Waals surface area contributed by atoms with E-state index < -0.39 is 4.92 Å². The fraction of sp³-hybridized carbons (Fsp3) is 0.167. The molecular formula is C12H9Cl2N3O4. The molecule has 1 aromatic carbocycles. The highest BCUT2D eigenvalue weighted by molar-refractivity contribution is 6.37. The third-order valence-corrected chi connectivity index (χ3v) is 3.29. The molecule has 0 aliphatic rings. The van der Waals surface area contributed by atoms with Gasteiger partial charge in [0.25, 0.3) is 5.69 Å². The Labute approximate surface area is 129 Å². The van der Waals surface area contributed by atoms with Crippen molar-refractivity contribution in [3.8, 4) is 11.6 Å². The van der Waals surface area contributed by atoms with Crippen molar-refractivity contribution in [3.05, 3.63) is 43.5 Å². The van der Waals surface area contributed by atoms with Crippen molar-refractivity contribution in [1.82, 2.24) is 9.78 Å². The summed E-state index contributed by atoms with van der Waals surface area (Å²) in [6, 6.07) is 2.24. The van der Waals surface area contributed by atoms with Gasteiger partial charge in [0.1, 0.15) is 0 Å². The first kappa shape index (κ1) is 15.3. The summed E-state index contributed by atoms with van der Waals surface area (Å²) in [6.07, 6.45) is 0.602. The molecule has 0 N–H and O–H groups in total. The summed E-state index contributed by atoms with van der Waals surface area (Å²) in [5.41, 5.74) is 0.480. The first-order chi connectivity index (χ1) is 9.85. The number of rotatable bonds is 4. The maximum Gasteiger partial charge on any atom is 0.272 e. The van der Waals surface area contributed by atoms with Gasteiger partial charge in [-0.05, 0) is 6.92 Å². The van der Waals surface area contributed by atoms with Crippen molar-refractivity contribution >= 4 is 35.2 Å². The predicted octanol–water partition coefficient (Wildman–Crippen LogP) is 3.55. The van der Waals surface area contributed by atoms with Gasteiger partial charge < -0.3 is 4.74 Å². The van der Waals surface area contributed by atoms with Crippen molar-refractivity contribution in [1.29, 1.82) is 0 Å². The molecule has 0 spiro atoms. The van der Waals surface area contributed by atoms with Crippen LogP contribution in [0.5, 0.6) is 11.6 Å². The minimum absolute atomic E-state index is 0.0232. The summed E-state index contributed by atoms with van der Waals surface area (Å²) in [6.45, 7) is 1.65. The number of halogens is 2. The minimum Gasteiger partial charge on any atom is -0.435 e. The Balaban J connectivity index is 2.50.